The monoisotopic (exact) mass is 155 g/mol. The highest BCUT2D eigenvalue weighted by molar-refractivity contribution is 5.11. The summed E-state index contributed by atoms with van der Waals surface area (Å²) in [4.78, 5) is 0. The van der Waals surface area contributed by atoms with Crippen molar-refractivity contribution in [3.63, 3.8) is 0 Å². The third kappa shape index (κ3) is 2.20. The molecule has 60 valence electrons. The van der Waals surface area contributed by atoms with Crippen LogP contribution in [0.2, 0.25) is 0 Å². The lowest BCUT2D eigenvalue weighted by atomic mass is 10.2. The lowest BCUT2D eigenvalue weighted by molar-refractivity contribution is 0.516. The third-order valence-corrected chi connectivity index (χ3v) is 1.40. The van der Waals surface area contributed by atoms with E-state index in [1.165, 1.54) is 0 Å². The van der Waals surface area contributed by atoms with Crippen molar-refractivity contribution >= 4 is 0 Å². The Morgan fingerprint density at radius 2 is 2.55 bits per heavy atom. The number of furan rings is 1. The zero-order valence-electron chi connectivity index (χ0n) is 6.09. The molecule has 0 aliphatic rings. The standard InChI is InChI=1S/C8H10FNO/c9-5-7(6-10)4-8-2-1-3-11-8/h1-3,5H,4,6,10H2. The van der Waals surface area contributed by atoms with Crippen LogP contribution in [-0.2, 0) is 6.42 Å². The molecule has 0 radical (unpaired) electrons. The first-order chi connectivity index (χ1) is 5.36. The highest BCUT2D eigenvalue weighted by atomic mass is 19.1. The molecule has 0 saturated heterocycles. The van der Waals surface area contributed by atoms with Crippen LogP contribution in [0.5, 0.6) is 0 Å². The smallest absolute Gasteiger partial charge is 0.107 e. The largest absolute Gasteiger partial charge is 0.469 e. The molecule has 3 heteroatoms. The van der Waals surface area contributed by atoms with Gasteiger partial charge in [0.05, 0.1) is 12.6 Å². The van der Waals surface area contributed by atoms with Gasteiger partial charge in [-0.25, -0.2) is 4.39 Å². The van der Waals surface area contributed by atoms with Gasteiger partial charge in [0.25, 0.3) is 0 Å². The van der Waals surface area contributed by atoms with E-state index < -0.39 is 0 Å². The lowest BCUT2D eigenvalue weighted by Crippen LogP contribution is -2.04. The number of halogens is 1. The van der Waals surface area contributed by atoms with Gasteiger partial charge in [0.15, 0.2) is 0 Å². The van der Waals surface area contributed by atoms with Crippen LogP contribution in [0.1, 0.15) is 5.76 Å². The van der Waals surface area contributed by atoms with Gasteiger partial charge in [0, 0.05) is 13.0 Å². The molecule has 2 N–H and O–H groups in total. The molecule has 0 fully saturated rings. The minimum atomic E-state index is 0.233. The Bertz CT molecular complexity index is 228. The second kappa shape index (κ2) is 3.93. The van der Waals surface area contributed by atoms with Crippen molar-refractivity contribution in [2.45, 2.75) is 6.42 Å². The molecule has 2 nitrogen and oxygen atoms in total. The maximum Gasteiger partial charge on any atom is 0.107 e. The minimum Gasteiger partial charge on any atom is -0.469 e. The van der Waals surface area contributed by atoms with Crippen molar-refractivity contribution < 1.29 is 8.81 Å². The van der Waals surface area contributed by atoms with Crippen molar-refractivity contribution in [3.05, 3.63) is 36.1 Å². The molecule has 0 unspecified atom stereocenters. The van der Waals surface area contributed by atoms with Crippen LogP contribution < -0.4 is 5.73 Å². The van der Waals surface area contributed by atoms with Crippen LogP contribution in [0.25, 0.3) is 0 Å². The zero-order chi connectivity index (χ0) is 8.10. The Balaban J connectivity index is 2.55. The van der Waals surface area contributed by atoms with Crippen molar-refractivity contribution in [1.29, 1.82) is 0 Å². The fourth-order valence-electron chi connectivity index (χ4n) is 0.792. The Morgan fingerprint density at radius 1 is 1.73 bits per heavy atom. The van der Waals surface area contributed by atoms with E-state index in [0.717, 1.165) is 5.76 Å². The SMILES string of the molecule is NCC(=CF)Cc1ccco1. The quantitative estimate of drug-likeness (QED) is 0.720. The van der Waals surface area contributed by atoms with Crippen LogP contribution in [0, 0.1) is 0 Å². The van der Waals surface area contributed by atoms with E-state index in [9.17, 15) is 4.39 Å². The Kier molecular flexibility index (Phi) is 2.86. The fraction of sp³-hybridized carbons (Fsp3) is 0.250. The average molecular weight is 155 g/mol. The Hall–Kier alpha value is -1.09. The second-order valence-corrected chi connectivity index (χ2v) is 2.23. The topological polar surface area (TPSA) is 39.2 Å². The molecule has 0 saturated carbocycles. The first-order valence-electron chi connectivity index (χ1n) is 3.37. The van der Waals surface area contributed by atoms with Crippen molar-refractivity contribution in [2.75, 3.05) is 6.54 Å². The van der Waals surface area contributed by atoms with Gasteiger partial charge in [-0.2, -0.15) is 0 Å². The van der Waals surface area contributed by atoms with Crippen LogP contribution in [0.15, 0.2) is 34.7 Å². The summed E-state index contributed by atoms with van der Waals surface area (Å²) >= 11 is 0. The minimum absolute atomic E-state index is 0.233. The van der Waals surface area contributed by atoms with Crippen LogP contribution in [-0.4, -0.2) is 6.54 Å². The van der Waals surface area contributed by atoms with Gasteiger partial charge in [0.2, 0.25) is 0 Å². The first kappa shape index (κ1) is 8.01. The first-order valence-corrected chi connectivity index (χ1v) is 3.37. The van der Waals surface area contributed by atoms with Gasteiger partial charge in [-0.05, 0) is 17.7 Å². The Morgan fingerprint density at radius 3 is 3.00 bits per heavy atom. The van der Waals surface area contributed by atoms with Gasteiger partial charge < -0.3 is 10.2 Å². The molecular formula is C8H10FNO. The second-order valence-electron chi connectivity index (χ2n) is 2.23. The maximum atomic E-state index is 12.0. The molecule has 1 aromatic rings. The van der Waals surface area contributed by atoms with Crippen molar-refractivity contribution in [1.82, 2.24) is 0 Å². The molecule has 0 bridgehead atoms. The number of hydrogen-bond donors (Lipinski definition) is 1. The van der Waals surface area contributed by atoms with Gasteiger partial charge in [-0.3, -0.25) is 0 Å². The van der Waals surface area contributed by atoms with E-state index in [1.54, 1.807) is 18.4 Å². The van der Waals surface area contributed by atoms with Gasteiger partial charge in [0.1, 0.15) is 5.76 Å². The predicted molar refractivity (Wildman–Crippen MR) is 40.7 cm³/mol. The lowest BCUT2D eigenvalue weighted by Gasteiger charge is -1.97. The summed E-state index contributed by atoms with van der Waals surface area (Å²) in [6, 6.07) is 3.56. The highest BCUT2D eigenvalue weighted by Crippen LogP contribution is 2.07. The van der Waals surface area contributed by atoms with E-state index in [4.69, 9.17) is 10.2 Å². The predicted octanol–water partition coefficient (Wildman–Crippen LogP) is 1.63. The molecule has 0 aliphatic carbocycles. The molecule has 0 aromatic carbocycles. The van der Waals surface area contributed by atoms with Crippen LogP contribution in [0.4, 0.5) is 4.39 Å². The summed E-state index contributed by atoms with van der Waals surface area (Å²) in [5.41, 5.74) is 5.79. The molecule has 1 aromatic heterocycles. The molecule has 0 spiro atoms. The summed E-state index contributed by atoms with van der Waals surface area (Å²) in [6.07, 6.45) is 2.55. The summed E-state index contributed by atoms with van der Waals surface area (Å²) in [5, 5.41) is 0. The van der Waals surface area contributed by atoms with Gasteiger partial charge in [-0.1, -0.05) is 0 Å². The van der Waals surface area contributed by atoms with Crippen molar-refractivity contribution in [3.8, 4) is 0 Å². The molecular weight excluding hydrogens is 145 g/mol. The number of nitrogens with two attached hydrogens (primary N) is 1. The molecule has 11 heavy (non-hydrogen) atoms. The van der Waals surface area contributed by atoms with Crippen LogP contribution in [0.3, 0.4) is 0 Å². The van der Waals surface area contributed by atoms with Crippen LogP contribution >= 0.6 is 0 Å². The third-order valence-electron chi connectivity index (χ3n) is 1.40. The van der Waals surface area contributed by atoms with E-state index >= 15 is 0 Å². The average Bonchev–Trinajstić information content (AvgIpc) is 2.52. The maximum absolute atomic E-state index is 12.0. The molecule has 0 aliphatic heterocycles. The van der Waals surface area contributed by atoms with E-state index in [2.05, 4.69) is 0 Å². The summed E-state index contributed by atoms with van der Waals surface area (Å²) in [6.45, 7) is 0.233. The summed E-state index contributed by atoms with van der Waals surface area (Å²) in [5.74, 6) is 0.736. The van der Waals surface area contributed by atoms with E-state index in [-0.39, 0.29) is 6.54 Å². The summed E-state index contributed by atoms with van der Waals surface area (Å²) in [7, 11) is 0. The zero-order valence-corrected chi connectivity index (χ0v) is 6.09. The van der Waals surface area contributed by atoms with Gasteiger partial charge >= 0.3 is 0 Å². The molecule has 0 amide bonds. The number of rotatable bonds is 3. The summed E-state index contributed by atoms with van der Waals surface area (Å²) < 4.78 is 17.0. The van der Waals surface area contributed by atoms with E-state index in [0.29, 0.717) is 18.3 Å². The Labute approximate surface area is 64.5 Å². The molecule has 1 heterocycles. The highest BCUT2D eigenvalue weighted by Gasteiger charge is 1.99. The van der Waals surface area contributed by atoms with E-state index in [1.807, 2.05) is 0 Å². The number of hydrogen-bond acceptors (Lipinski definition) is 2. The fourth-order valence-corrected chi connectivity index (χ4v) is 0.792. The molecule has 0 atom stereocenters. The van der Waals surface area contributed by atoms with Gasteiger partial charge in [-0.15, -0.1) is 0 Å². The van der Waals surface area contributed by atoms with Crippen molar-refractivity contribution in [2.24, 2.45) is 5.73 Å². The molecule has 1 rings (SSSR count). The normalized spacial score (nSPS) is 12.0.